The number of thiol groups is 1. The average Bonchev–Trinajstić information content (AvgIpc) is 3.18. The molecule has 0 saturated carbocycles. The molecule has 14 heteroatoms. The van der Waals surface area contributed by atoms with Crippen molar-refractivity contribution in [1.82, 2.24) is 15.5 Å². The monoisotopic (exact) mass is 461 g/mol. The molecule has 0 aromatic heterocycles. The number of primary amides is 1. The van der Waals surface area contributed by atoms with Gasteiger partial charge in [0.1, 0.15) is 18.1 Å². The maximum atomic E-state index is 12.9. The number of likely N-dealkylation sites (tertiary alicyclic amines) is 1. The average molecular weight is 461 g/mol. The van der Waals surface area contributed by atoms with Crippen molar-refractivity contribution in [2.24, 2.45) is 11.5 Å². The quantitative estimate of drug-likeness (QED) is 0.147. The Kier molecular flexibility index (Phi) is 10.2. The minimum Gasteiger partial charge on any atom is -0.481 e. The number of rotatable bonds is 12. The van der Waals surface area contributed by atoms with Crippen LogP contribution in [0.15, 0.2) is 0 Å². The second-order valence-electron chi connectivity index (χ2n) is 7.04. The van der Waals surface area contributed by atoms with Crippen molar-refractivity contribution in [2.45, 2.75) is 56.3 Å². The van der Waals surface area contributed by atoms with Gasteiger partial charge in [-0.1, -0.05) is 0 Å². The van der Waals surface area contributed by atoms with Crippen LogP contribution in [0.5, 0.6) is 0 Å². The third-order valence-corrected chi connectivity index (χ3v) is 5.03. The summed E-state index contributed by atoms with van der Waals surface area (Å²) in [5, 5.41) is 22.4. The second kappa shape index (κ2) is 12.1. The van der Waals surface area contributed by atoms with Gasteiger partial charge in [0.05, 0.1) is 12.5 Å². The lowest BCUT2D eigenvalue weighted by molar-refractivity contribution is -0.145. The van der Waals surface area contributed by atoms with Gasteiger partial charge in [-0.15, -0.1) is 0 Å². The molecule has 13 nitrogen and oxygen atoms in total. The molecule has 0 aliphatic carbocycles. The summed E-state index contributed by atoms with van der Waals surface area (Å²) in [5.74, 6) is -5.70. The molecule has 0 bridgehead atoms. The number of hydrogen-bond acceptors (Lipinski definition) is 8. The van der Waals surface area contributed by atoms with Crippen LogP contribution in [0, 0.1) is 0 Å². The fourth-order valence-corrected chi connectivity index (χ4v) is 3.29. The number of nitrogens with zero attached hydrogens (tertiary/aromatic N) is 1. The number of carbonyl (C=O) groups is 6. The summed E-state index contributed by atoms with van der Waals surface area (Å²) in [7, 11) is 0. The minimum atomic E-state index is -1.53. The zero-order valence-corrected chi connectivity index (χ0v) is 17.5. The van der Waals surface area contributed by atoms with Crippen LogP contribution in [0.25, 0.3) is 0 Å². The van der Waals surface area contributed by atoms with Crippen molar-refractivity contribution >= 4 is 48.2 Å². The number of aliphatic carboxylic acids is 2. The molecule has 4 amide bonds. The maximum Gasteiger partial charge on any atom is 0.326 e. The first kappa shape index (κ1) is 26.2. The predicted molar refractivity (Wildman–Crippen MR) is 109 cm³/mol. The lowest BCUT2D eigenvalue weighted by atomic mass is 10.1. The molecule has 1 saturated heterocycles. The smallest absolute Gasteiger partial charge is 0.326 e. The van der Waals surface area contributed by atoms with Gasteiger partial charge in [-0.3, -0.25) is 24.0 Å². The molecule has 0 aromatic rings. The summed E-state index contributed by atoms with van der Waals surface area (Å²) >= 11 is 4.05. The molecular weight excluding hydrogens is 434 g/mol. The van der Waals surface area contributed by atoms with E-state index in [9.17, 15) is 28.8 Å². The molecule has 4 atom stereocenters. The number of carboxylic acid groups (broad SMARTS) is 2. The molecule has 1 heterocycles. The summed E-state index contributed by atoms with van der Waals surface area (Å²) in [5.41, 5.74) is 10.6. The molecule has 8 N–H and O–H groups in total. The molecule has 31 heavy (non-hydrogen) atoms. The fourth-order valence-electron chi connectivity index (χ4n) is 3.05. The predicted octanol–water partition coefficient (Wildman–Crippen LogP) is -2.97. The van der Waals surface area contributed by atoms with Gasteiger partial charge >= 0.3 is 11.9 Å². The number of nitrogens with two attached hydrogens (primary N) is 2. The first-order valence-corrected chi connectivity index (χ1v) is 10.1. The van der Waals surface area contributed by atoms with Gasteiger partial charge in [0, 0.05) is 18.7 Å². The third-order valence-electron chi connectivity index (χ3n) is 4.66. The normalized spacial score (nSPS) is 18.5. The molecule has 1 aliphatic rings. The van der Waals surface area contributed by atoms with Gasteiger partial charge < -0.3 is 37.2 Å². The molecular formula is C17H27N5O8S. The summed E-state index contributed by atoms with van der Waals surface area (Å²) < 4.78 is 0. The number of carboxylic acids is 2. The first-order chi connectivity index (χ1) is 14.5. The fraction of sp³-hybridized carbons (Fsp3) is 0.647. The van der Waals surface area contributed by atoms with E-state index < -0.39 is 66.2 Å². The molecule has 4 unspecified atom stereocenters. The highest BCUT2D eigenvalue weighted by atomic mass is 32.1. The van der Waals surface area contributed by atoms with E-state index in [1.807, 2.05) is 0 Å². The SMILES string of the molecule is NC(=O)CC(NC(=O)C1CCCN1C(=O)C(CS)NC(=O)C(N)CCC(=O)O)C(=O)O. The Morgan fingerprint density at radius 1 is 1.10 bits per heavy atom. The number of amides is 4. The Bertz CT molecular complexity index is 733. The number of carbonyl (C=O) groups excluding carboxylic acids is 4. The molecule has 1 rings (SSSR count). The van der Waals surface area contributed by atoms with Gasteiger partial charge in [0.25, 0.3) is 0 Å². The van der Waals surface area contributed by atoms with Crippen molar-refractivity contribution in [3.05, 3.63) is 0 Å². The molecule has 0 aromatic carbocycles. The van der Waals surface area contributed by atoms with Crippen LogP contribution in [0.4, 0.5) is 0 Å². The first-order valence-electron chi connectivity index (χ1n) is 9.48. The van der Waals surface area contributed by atoms with Crippen molar-refractivity contribution in [2.75, 3.05) is 12.3 Å². The summed E-state index contributed by atoms with van der Waals surface area (Å²) in [4.78, 5) is 71.6. The van der Waals surface area contributed by atoms with Gasteiger partial charge in [-0.25, -0.2) is 4.79 Å². The van der Waals surface area contributed by atoms with E-state index in [2.05, 4.69) is 23.3 Å². The van der Waals surface area contributed by atoms with Crippen LogP contribution < -0.4 is 22.1 Å². The van der Waals surface area contributed by atoms with Gasteiger partial charge in [-0.2, -0.15) is 12.6 Å². The van der Waals surface area contributed by atoms with Crippen molar-refractivity contribution in [1.29, 1.82) is 0 Å². The molecule has 174 valence electrons. The van der Waals surface area contributed by atoms with Crippen LogP contribution in [0.3, 0.4) is 0 Å². The molecule has 1 fully saturated rings. The van der Waals surface area contributed by atoms with Crippen LogP contribution in [0.1, 0.15) is 32.1 Å². The lowest BCUT2D eigenvalue weighted by Gasteiger charge is -2.29. The van der Waals surface area contributed by atoms with E-state index in [0.29, 0.717) is 6.42 Å². The Morgan fingerprint density at radius 3 is 2.26 bits per heavy atom. The van der Waals surface area contributed by atoms with Gasteiger partial charge in [0.15, 0.2) is 0 Å². The van der Waals surface area contributed by atoms with Crippen LogP contribution >= 0.6 is 12.6 Å². The van der Waals surface area contributed by atoms with E-state index in [4.69, 9.17) is 21.7 Å². The van der Waals surface area contributed by atoms with Gasteiger partial charge in [-0.05, 0) is 19.3 Å². The van der Waals surface area contributed by atoms with Crippen molar-refractivity contribution in [3.63, 3.8) is 0 Å². The molecule has 1 aliphatic heterocycles. The van der Waals surface area contributed by atoms with E-state index in [0.717, 1.165) is 0 Å². The zero-order chi connectivity index (χ0) is 23.7. The van der Waals surface area contributed by atoms with E-state index in [1.165, 1.54) is 4.90 Å². The Morgan fingerprint density at radius 2 is 1.74 bits per heavy atom. The van der Waals surface area contributed by atoms with Crippen molar-refractivity contribution < 1.29 is 39.0 Å². The van der Waals surface area contributed by atoms with Crippen LogP contribution in [-0.4, -0.2) is 87.1 Å². The standard InChI is InChI=1S/C17H27N5O8S/c18-8(3-4-13(24)25)14(26)21-10(7-31)16(28)22-5-1-2-11(22)15(27)20-9(17(29)30)6-12(19)23/h8-11,31H,1-7,18H2,(H2,19,23)(H,20,27)(H,21,26)(H,24,25)(H,29,30). The molecule has 0 spiro atoms. The zero-order valence-electron chi connectivity index (χ0n) is 16.7. The summed E-state index contributed by atoms with van der Waals surface area (Å²) in [6, 6.07) is -4.80. The van der Waals surface area contributed by atoms with Crippen LogP contribution in [0.2, 0.25) is 0 Å². The highest BCUT2D eigenvalue weighted by Gasteiger charge is 2.39. The third kappa shape index (κ3) is 8.05. The van der Waals surface area contributed by atoms with E-state index in [-0.39, 0.29) is 31.6 Å². The highest BCUT2D eigenvalue weighted by molar-refractivity contribution is 7.80. The highest BCUT2D eigenvalue weighted by Crippen LogP contribution is 2.19. The van der Waals surface area contributed by atoms with E-state index in [1.54, 1.807) is 0 Å². The minimum absolute atomic E-state index is 0.111. The largest absolute Gasteiger partial charge is 0.481 e. The van der Waals surface area contributed by atoms with Crippen molar-refractivity contribution in [3.8, 4) is 0 Å². The topological polar surface area (TPSA) is 222 Å². The summed E-state index contributed by atoms with van der Waals surface area (Å²) in [6.07, 6.45) is -0.335. The summed E-state index contributed by atoms with van der Waals surface area (Å²) in [6.45, 7) is 0.190. The Hall–Kier alpha value is -2.87. The number of nitrogens with one attached hydrogen (secondary N) is 2. The molecule has 0 radical (unpaired) electrons. The maximum absolute atomic E-state index is 12.9. The Balaban J connectivity index is 2.81. The Labute approximate surface area is 183 Å². The lowest BCUT2D eigenvalue weighted by Crippen LogP contribution is -2.57. The van der Waals surface area contributed by atoms with E-state index >= 15 is 0 Å². The second-order valence-corrected chi connectivity index (χ2v) is 7.41. The van der Waals surface area contributed by atoms with Gasteiger partial charge in [0.2, 0.25) is 23.6 Å². The van der Waals surface area contributed by atoms with Crippen LogP contribution in [-0.2, 0) is 28.8 Å². The number of hydrogen-bond donors (Lipinski definition) is 7.